The van der Waals surface area contributed by atoms with Crippen LogP contribution < -0.4 is 0 Å². The first kappa shape index (κ1) is 6.41. The van der Waals surface area contributed by atoms with E-state index in [1.54, 1.807) is 6.08 Å². The third kappa shape index (κ3) is 0.671. The lowest BCUT2D eigenvalue weighted by Crippen LogP contribution is -2.32. The molecule has 2 fully saturated rings. The fourth-order valence-electron chi connectivity index (χ4n) is 2.59. The van der Waals surface area contributed by atoms with Crippen molar-refractivity contribution < 1.29 is 5.11 Å². The topological polar surface area (TPSA) is 20.2 Å². The third-order valence-corrected chi connectivity index (χ3v) is 3.22. The van der Waals surface area contributed by atoms with E-state index in [1.165, 1.54) is 19.3 Å². The second-order valence-electron chi connectivity index (χ2n) is 3.78. The van der Waals surface area contributed by atoms with Crippen molar-refractivity contribution in [3.05, 3.63) is 12.7 Å². The van der Waals surface area contributed by atoms with Crippen molar-refractivity contribution in [2.75, 3.05) is 0 Å². The minimum absolute atomic E-state index is 0.483. The molecule has 2 saturated carbocycles. The van der Waals surface area contributed by atoms with E-state index in [4.69, 9.17) is 0 Å². The number of hydrogen-bond donors (Lipinski definition) is 1. The molecule has 3 atom stereocenters. The van der Waals surface area contributed by atoms with Crippen LogP contribution in [0.2, 0.25) is 0 Å². The van der Waals surface area contributed by atoms with E-state index in [2.05, 4.69) is 6.58 Å². The highest BCUT2D eigenvalue weighted by Crippen LogP contribution is 2.51. The molecule has 2 aliphatic carbocycles. The molecule has 0 unspecified atom stereocenters. The van der Waals surface area contributed by atoms with Gasteiger partial charge in [0.15, 0.2) is 0 Å². The van der Waals surface area contributed by atoms with Crippen molar-refractivity contribution in [1.82, 2.24) is 0 Å². The minimum atomic E-state index is -0.483. The molecular formula is C9H14O. The zero-order valence-corrected chi connectivity index (χ0v) is 6.21. The summed E-state index contributed by atoms with van der Waals surface area (Å²) >= 11 is 0. The monoisotopic (exact) mass is 138 g/mol. The third-order valence-electron chi connectivity index (χ3n) is 3.22. The summed E-state index contributed by atoms with van der Waals surface area (Å²) in [6.45, 7) is 3.68. The van der Waals surface area contributed by atoms with Gasteiger partial charge in [-0.25, -0.2) is 0 Å². The fourth-order valence-corrected chi connectivity index (χ4v) is 2.59. The molecule has 0 amide bonds. The summed E-state index contributed by atoms with van der Waals surface area (Å²) in [5.41, 5.74) is -0.483. The van der Waals surface area contributed by atoms with Crippen LogP contribution in [0.15, 0.2) is 12.7 Å². The minimum Gasteiger partial charge on any atom is -0.386 e. The van der Waals surface area contributed by atoms with Gasteiger partial charge in [-0.15, -0.1) is 6.58 Å². The van der Waals surface area contributed by atoms with Crippen molar-refractivity contribution in [3.63, 3.8) is 0 Å². The van der Waals surface area contributed by atoms with Gasteiger partial charge in [0.05, 0.1) is 5.60 Å². The van der Waals surface area contributed by atoms with E-state index < -0.39 is 5.60 Å². The van der Waals surface area contributed by atoms with Gasteiger partial charge in [0.1, 0.15) is 0 Å². The van der Waals surface area contributed by atoms with Crippen molar-refractivity contribution in [2.45, 2.75) is 31.3 Å². The number of rotatable bonds is 1. The molecule has 0 saturated heterocycles. The molecule has 2 rings (SSSR count). The average Bonchev–Trinajstić information content (AvgIpc) is 2.46. The van der Waals surface area contributed by atoms with Crippen LogP contribution in [-0.4, -0.2) is 10.7 Å². The van der Waals surface area contributed by atoms with Gasteiger partial charge in [-0.2, -0.15) is 0 Å². The average molecular weight is 138 g/mol. The van der Waals surface area contributed by atoms with E-state index in [1.807, 2.05) is 0 Å². The summed E-state index contributed by atoms with van der Waals surface area (Å²) in [5.74, 6) is 1.34. The molecule has 0 aromatic rings. The van der Waals surface area contributed by atoms with Crippen LogP contribution in [0.3, 0.4) is 0 Å². The smallest absolute Gasteiger partial charge is 0.0855 e. The Morgan fingerprint density at radius 2 is 2.30 bits per heavy atom. The van der Waals surface area contributed by atoms with Crippen molar-refractivity contribution in [1.29, 1.82) is 0 Å². The molecule has 1 N–H and O–H groups in total. The summed E-state index contributed by atoms with van der Waals surface area (Å²) in [6, 6.07) is 0. The quantitative estimate of drug-likeness (QED) is 0.547. The Hall–Kier alpha value is -0.300. The molecule has 2 bridgehead atoms. The highest BCUT2D eigenvalue weighted by molar-refractivity contribution is 5.09. The van der Waals surface area contributed by atoms with Gasteiger partial charge in [0, 0.05) is 0 Å². The lowest BCUT2D eigenvalue weighted by Gasteiger charge is -2.28. The van der Waals surface area contributed by atoms with Gasteiger partial charge in [0.25, 0.3) is 0 Å². The van der Waals surface area contributed by atoms with Gasteiger partial charge in [0.2, 0.25) is 0 Å². The standard InChI is InChI=1S/C9H14O/c1-2-9(10)6-7-3-4-8(9)5-7/h2,7-8,10H,1,3-6H2/t7-,8-,9-/m0/s1. The van der Waals surface area contributed by atoms with Gasteiger partial charge < -0.3 is 5.11 Å². The summed E-state index contributed by atoms with van der Waals surface area (Å²) in [4.78, 5) is 0. The lowest BCUT2D eigenvalue weighted by atomic mass is 9.84. The van der Waals surface area contributed by atoms with E-state index in [9.17, 15) is 5.11 Å². The van der Waals surface area contributed by atoms with Crippen molar-refractivity contribution >= 4 is 0 Å². The normalized spacial score (nSPS) is 51.7. The zero-order valence-electron chi connectivity index (χ0n) is 6.21. The van der Waals surface area contributed by atoms with Crippen LogP contribution in [0.5, 0.6) is 0 Å². The highest BCUT2D eigenvalue weighted by atomic mass is 16.3. The Kier molecular flexibility index (Phi) is 1.19. The Bertz CT molecular complexity index is 164. The first-order chi connectivity index (χ1) is 4.74. The van der Waals surface area contributed by atoms with Gasteiger partial charge in [-0.3, -0.25) is 0 Å². The zero-order chi connectivity index (χ0) is 7.19. The molecule has 0 heterocycles. The Morgan fingerprint density at radius 3 is 2.60 bits per heavy atom. The Balaban J connectivity index is 2.21. The van der Waals surface area contributed by atoms with Crippen LogP contribution in [0.1, 0.15) is 25.7 Å². The van der Waals surface area contributed by atoms with Gasteiger partial charge in [-0.05, 0) is 37.5 Å². The molecule has 0 aromatic carbocycles. The summed E-state index contributed by atoms with van der Waals surface area (Å²) < 4.78 is 0. The van der Waals surface area contributed by atoms with E-state index >= 15 is 0 Å². The molecule has 56 valence electrons. The fraction of sp³-hybridized carbons (Fsp3) is 0.778. The van der Waals surface area contributed by atoms with Crippen molar-refractivity contribution in [3.8, 4) is 0 Å². The summed E-state index contributed by atoms with van der Waals surface area (Å²) in [7, 11) is 0. The molecule has 1 nitrogen and oxygen atoms in total. The number of fused-ring (bicyclic) bond motifs is 2. The molecule has 10 heavy (non-hydrogen) atoms. The summed E-state index contributed by atoms with van der Waals surface area (Å²) in [6.07, 6.45) is 6.51. The van der Waals surface area contributed by atoms with Crippen LogP contribution >= 0.6 is 0 Å². The largest absolute Gasteiger partial charge is 0.386 e. The maximum Gasteiger partial charge on any atom is 0.0855 e. The second-order valence-corrected chi connectivity index (χ2v) is 3.78. The number of aliphatic hydroxyl groups is 1. The second kappa shape index (κ2) is 1.85. The molecule has 1 heteroatoms. The Labute approximate surface area is 61.8 Å². The molecule has 0 aromatic heterocycles. The van der Waals surface area contributed by atoms with Crippen LogP contribution in [0, 0.1) is 11.8 Å². The van der Waals surface area contributed by atoms with E-state index in [0.29, 0.717) is 5.92 Å². The SMILES string of the molecule is C=C[C@]1(O)C[C@H]2CC[C@H]1C2. The van der Waals surface area contributed by atoms with Crippen LogP contribution in [0.4, 0.5) is 0 Å². The van der Waals surface area contributed by atoms with Gasteiger partial charge >= 0.3 is 0 Å². The maximum absolute atomic E-state index is 9.87. The van der Waals surface area contributed by atoms with Crippen LogP contribution in [-0.2, 0) is 0 Å². The van der Waals surface area contributed by atoms with Crippen molar-refractivity contribution in [2.24, 2.45) is 11.8 Å². The Morgan fingerprint density at radius 1 is 1.50 bits per heavy atom. The maximum atomic E-state index is 9.87. The highest BCUT2D eigenvalue weighted by Gasteiger charge is 2.47. The van der Waals surface area contributed by atoms with E-state index in [-0.39, 0.29) is 0 Å². The molecule has 0 spiro atoms. The van der Waals surface area contributed by atoms with E-state index in [0.717, 1.165) is 12.3 Å². The predicted molar refractivity (Wildman–Crippen MR) is 40.6 cm³/mol. The van der Waals surface area contributed by atoms with Gasteiger partial charge in [-0.1, -0.05) is 6.08 Å². The molecule has 0 radical (unpaired) electrons. The number of hydrogen-bond acceptors (Lipinski definition) is 1. The molecule has 2 aliphatic rings. The molecule has 0 aliphatic heterocycles. The predicted octanol–water partition coefficient (Wildman–Crippen LogP) is 1.72. The summed E-state index contributed by atoms with van der Waals surface area (Å²) in [5, 5.41) is 9.87. The first-order valence-electron chi connectivity index (χ1n) is 4.10. The lowest BCUT2D eigenvalue weighted by molar-refractivity contribution is 0.0344. The molecular weight excluding hydrogens is 124 g/mol. The van der Waals surface area contributed by atoms with Crippen LogP contribution in [0.25, 0.3) is 0 Å². The first-order valence-corrected chi connectivity index (χ1v) is 4.10.